The van der Waals surface area contributed by atoms with Crippen LogP contribution in [0.15, 0.2) is 46.9 Å². The number of hydrogen-bond donors (Lipinski definition) is 1. The van der Waals surface area contributed by atoms with Crippen LogP contribution in [-0.4, -0.2) is 84.9 Å². The molecule has 0 unspecified atom stereocenters. The zero-order valence-corrected chi connectivity index (χ0v) is 20.9. The van der Waals surface area contributed by atoms with Gasteiger partial charge in [0, 0.05) is 44.2 Å². The van der Waals surface area contributed by atoms with Crippen molar-refractivity contribution in [2.45, 2.75) is 19.4 Å². The van der Waals surface area contributed by atoms with E-state index in [0.717, 1.165) is 29.2 Å². The van der Waals surface area contributed by atoms with Crippen LogP contribution in [0.3, 0.4) is 0 Å². The number of urea groups is 1. The van der Waals surface area contributed by atoms with Crippen molar-refractivity contribution < 1.29 is 14.3 Å². The van der Waals surface area contributed by atoms with E-state index in [4.69, 9.17) is 21.4 Å². The summed E-state index contributed by atoms with van der Waals surface area (Å²) in [6, 6.07) is 11.0. The molecule has 1 saturated heterocycles. The summed E-state index contributed by atoms with van der Waals surface area (Å²) in [6.07, 6.45) is 0.574. The fourth-order valence-electron chi connectivity index (χ4n) is 4.16. The Morgan fingerprint density at radius 2 is 2.03 bits per heavy atom. The van der Waals surface area contributed by atoms with E-state index in [-0.39, 0.29) is 24.5 Å². The molecule has 8 nitrogen and oxygen atoms in total. The van der Waals surface area contributed by atoms with Crippen LogP contribution in [0.1, 0.15) is 29.8 Å². The number of rotatable bonds is 8. The number of hydrogen-bond acceptors (Lipinski definition) is 6. The molecule has 10 heteroatoms. The molecule has 0 radical (unpaired) electrons. The van der Waals surface area contributed by atoms with Crippen LogP contribution in [-0.2, 0) is 9.53 Å². The van der Waals surface area contributed by atoms with Gasteiger partial charge in [-0.1, -0.05) is 35.9 Å². The maximum Gasteiger partial charge on any atom is 0.317 e. The predicted octanol–water partition coefficient (Wildman–Crippen LogP) is 3.44. The molecule has 1 aromatic carbocycles. The van der Waals surface area contributed by atoms with Crippen LogP contribution in [0.2, 0.25) is 5.02 Å². The minimum Gasteiger partial charge on any atom is -0.379 e. The van der Waals surface area contributed by atoms with Crippen molar-refractivity contribution in [3.05, 3.63) is 57.2 Å². The molecule has 1 N–H and O–H groups in total. The predicted molar refractivity (Wildman–Crippen MR) is 134 cm³/mol. The topological polar surface area (TPSA) is 77.5 Å². The first-order valence-electron chi connectivity index (χ1n) is 11.6. The fourth-order valence-corrected chi connectivity index (χ4v) is 5.14. The first-order chi connectivity index (χ1) is 16.6. The molecule has 0 saturated carbocycles. The zero-order valence-electron chi connectivity index (χ0n) is 19.3. The van der Waals surface area contributed by atoms with E-state index in [9.17, 15) is 9.59 Å². The monoisotopic (exact) mass is 503 g/mol. The summed E-state index contributed by atoms with van der Waals surface area (Å²) >= 11 is 8.10. The molecule has 2 aromatic rings. The van der Waals surface area contributed by atoms with E-state index in [1.165, 1.54) is 5.01 Å². The number of carbonyl (C=O) groups is 2. The van der Waals surface area contributed by atoms with Gasteiger partial charge >= 0.3 is 6.03 Å². The van der Waals surface area contributed by atoms with Gasteiger partial charge in [0.05, 0.1) is 29.8 Å². The average molecular weight is 504 g/mol. The molecule has 2 aliphatic heterocycles. The van der Waals surface area contributed by atoms with Crippen LogP contribution >= 0.6 is 22.9 Å². The number of ether oxygens (including phenoxy) is 1. The first-order valence-corrected chi connectivity index (χ1v) is 12.8. The third-order valence-corrected chi connectivity index (χ3v) is 7.23. The lowest BCUT2D eigenvalue weighted by atomic mass is 10.0. The molecule has 34 heavy (non-hydrogen) atoms. The van der Waals surface area contributed by atoms with Gasteiger partial charge in [-0.2, -0.15) is 5.10 Å². The Bertz CT molecular complexity index is 1010. The van der Waals surface area contributed by atoms with Crippen molar-refractivity contribution in [3.63, 3.8) is 0 Å². The standard InChI is InChI=1S/C24H30ClN5O3S/c1-2-26-24(32)29(10-9-28-11-13-33-14-12-28)17-23(31)30-21(18-6-3-4-7-19(18)25)16-20(27-30)22-8-5-15-34-22/h3-8,15,21H,2,9-14,16-17H2,1H3,(H,26,32)/t21-/m1/s1. The van der Waals surface area contributed by atoms with Crippen molar-refractivity contribution in [1.29, 1.82) is 0 Å². The second-order valence-corrected chi connectivity index (χ2v) is 9.57. The van der Waals surface area contributed by atoms with Gasteiger partial charge in [0.2, 0.25) is 0 Å². The smallest absolute Gasteiger partial charge is 0.317 e. The quantitative estimate of drug-likeness (QED) is 0.598. The maximum atomic E-state index is 13.5. The molecular formula is C24H30ClN5O3S. The van der Waals surface area contributed by atoms with Gasteiger partial charge in [-0.15, -0.1) is 11.3 Å². The molecule has 3 amide bonds. The number of nitrogens with one attached hydrogen (secondary N) is 1. The van der Waals surface area contributed by atoms with Gasteiger partial charge in [0.25, 0.3) is 5.91 Å². The van der Waals surface area contributed by atoms with Crippen molar-refractivity contribution in [3.8, 4) is 0 Å². The molecule has 182 valence electrons. The molecule has 1 fully saturated rings. The first kappa shape index (κ1) is 24.7. The van der Waals surface area contributed by atoms with Gasteiger partial charge in [-0.25, -0.2) is 9.80 Å². The summed E-state index contributed by atoms with van der Waals surface area (Å²) in [4.78, 5) is 31.2. The molecule has 1 aromatic heterocycles. The molecule has 3 heterocycles. The van der Waals surface area contributed by atoms with Crippen LogP contribution in [0, 0.1) is 0 Å². The molecule has 4 rings (SSSR count). The number of amides is 3. The summed E-state index contributed by atoms with van der Waals surface area (Å²) in [5.41, 5.74) is 1.71. The van der Waals surface area contributed by atoms with Gasteiger partial charge < -0.3 is 15.0 Å². The highest BCUT2D eigenvalue weighted by Gasteiger charge is 2.35. The van der Waals surface area contributed by atoms with Crippen molar-refractivity contribution in [1.82, 2.24) is 20.1 Å². The van der Waals surface area contributed by atoms with E-state index in [2.05, 4.69) is 10.2 Å². The SMILES string of the molecule is CCNC(=O)N(CCN1CCOCC1)CC(=O)N1N=C(c2cccs2)C[C@@H]1c1ccccc1Cl. The molecular weight excluding hydrogens is 474 g/mol. The lowest BCUT2D eigenvalue weighted by molar-refractivity contribution is -0.133. The second-order valence-electron chi connectivity index (χ2n) is 8.21. The largest absolute Gasteiger partial charge is 0.379 e. The maximum absolute atomic E-state index is 13.5. The minimum atomic E-state index is -0.311. The number of nitrogens with zero attached hydrogens (tertiary/aromatic N) is 4. The Hall–Kier alpha value is -2.46. The van der Waals surface area contributed by atoms with Crippen molar-refractivity contribution in [2.75, 3.05) is 52.5 Å². The Morgan fingerprint density at radius 1 is 1.24 bits per heavy atom. The fraction of sp³-hybridized carbons (Fsp3) is 0.458. The number of hydrazone groups is 1. The van der Waals surface area contributed by atoms with Gasteiger partial charge in [0.1, 0.15) is 6.54 Å². The summed E-state index contributed by atoms with van der Waals surface area (Å²) in [5, 5.41) is 11.6. The van der Waals surface area contributed by atoms with Crippen LogP contribution < -0.4 is 5.32 Å². The normalized spacial score (nSPS) is 18.6. The highest BCUT2D eigenvalue weighted by Crippen LogP contribution is 2.37. The third kappa shape index (κ3) is 5.96. The number of halogens is 1. The van der Waals surface area contributed by atoms with Crippen molar-refractivity contribution >= 4 is 40.6 Å². The molecule has 2 aliphatic rings. The number of carbonyl (C=O) groups excluding carboxylic acids is 2. The number of benzene rings is 1. The van der Waals surface area contributed by atoms with Crippen LogP contribution in [0.5, 0.6) is 0 Å². The van der Waals surface area contributed by atoms with Crippen molar-refractivity contribution in [2.24, 2.45) is 5.10 Å². The second kappa shape index (κ2) is 11.8. The third-order valence-electron chi connectivity index (χ3n) is 5.97. The number of morpholine rings is 1. The van der Waals surface area contributed by atoms with E-state index in [1.54, 1.807) is 16.2 Å². The highest BCUT2D eigenvalue weighted by atomic mass is 35.5. The Balaban J connectivity index is 1.53. The van der Waals surface area contributed by atoms with E-state index >= 15 is 0 Å². The van der Waals surface area contributed by atoms with Gasteiger partial charge in [-0.05, 0) is 30.0 Å². The summed E-state index contributed by atoms with van der Waals surface area (Å²) in [7, 11) is 0. The summed E-state index contributed by atoms with van der Waals surface area (Å²) in [5.74, 6) is -0.232. The van der Waals surface area contributed by atoms with E-state index < -0.39 is 0 Å². The van der Waals surface area contributed by atoms with E-state index in [1.807, 2.05) is 48.7 Å². The lowest BCUT2D eigenvalue weighted by Gasteiger charge is -2.31. The summed E-state index contributed by atoms with van der Waals surface area (Å²) in [6.45, 7) is 6.46. The highest BCUT2D eigenvalue weighted by molar-refractivity contribution is 7.12. The van der Waals surface area contributed by atoms with Crippen LogP contribution in [0.25, 0.3) is 0 Å². The Kier molecular flexibility index (Phi) is 8.55. The Labute approximate surface area is 209 Å². The van der Waals surface area contributed by atoms with Crippen LogP contribution in [0.4, 0.5) is 4.79 Å². The average Bonchev–Trinajstić information content (AvgIpc) is 3.53. The molecule has 0 spiro atoms. The molecule has 0 aliphatic carbocycles. The Morgan fingerprint density at radius 3 is 2.74 bits per heavy atom. The van der Waals surface area contributed by atoms with Gasteiger partial charge in [-0.3, -0.25) is 9.69 Å². The molecule has 0 bridgehead atoms. The molecule has 1 atom stereocenters. The van der Waals surface area contributed by atoms with Gasteiger partial charge in [0.15, 0.2) is 0 Å². The summed E-state index contributed by atoms with van der Waals surface area (Å²) < 4.78 is 5.41. The minimum absolute atomic E-state index is 0.0572. The van der Waals surface area contributed by atoms with E-state index in [0.29, 0.717) is 44.3 Å². The lowest BCUT2D eigenvalue weighted by Crippen LogP contribution is -2.49. The zero-order chi connectivity index (χ0) is 23.9. The number of thiophene rings is 1.